The predicted octanol–water partition coefficient (Wildman–Crippen LogP) is 3.23. The summed E-state index contributed by atoms with van der Waals surface area (Å²) >= 11 is 6.00. The van der Waals surface area contributed by atoms with Crippen LogP contribution in [-0.4, -0.2) is 35.0 Å². The van der Waals surface area contributed by atoms with Crippen molar-refractivity contribution >= 4 is 23.5 Å². The summed E-state index contributed by atoms with van der Waals surface area (Å²) in [5.41, 5.74) is 0.433. The summed E-state index contributed by atoms with van der Waals surface area (Å²) in [6.07, 6.45) is 1.98. The molecule has 0 aliphatic carbocycles. The first-order valence-electron chi connectivity index (χ1n) is 7.56. The number of hydrogen-bond donors (Lipinski definition) is 1. The maximum atomic E-state index is 12.8. The topological polar surface area (TPSA) is 57.6 Å². The molecule has 1 aliphatic heterocycles. The fourth-order valence-corrected chi connectivity index (χ4v) is 3.24. The van der Waals surface area contributed by atoms with Crippen molar-refractivity contribution in [2.75, 3.05) is 13.1 Å². The Kier molecular flexibility index (Phi) is 5.12. The van der Waals surface area contributed by atoms with Gasteiger partial charge in [-0.15, -0.1) is 0 Å². The van der Waals surface area contributed by atoms with E-state index < -0.39 is 17.3 Å². The van der Waals surface area contributed by atoms with Crippen LogP contribution in [0.25, 0.3) is 0 Å². The van der Waals surface area contributed by atoms with E-state index in [-0.39, 0.29) is 5.91 Å². The average molecular weight is 324 g/mol. The van der Waals surface area contributed by atoms with E-state index in [4.69, 9.17) is 16.7 Å². The van der Waals surface area contributed by atoms with Crippen LogP contribution in [0, 0.1) is 11.3 Å². The molecule has 1 amide bonds. The Balaban J connectivity index is 2.07. The molecule has 1 aromatic rings. The fraction of sp³-hybridized carbons (Fsp3) is 0.529. The van der Waals surface area contributed by atoms with Crippen LogP contribution in [0.1, 0.15) is 32.3 Å². The minimum Gasteiger partial charge on any atom is -0.481 e. The van der Waals surface area contributed by atoms with Crippen LogP contribution in [0.5, 0.6) is 0 Å². The molecule has 1 aliphatic rings. The van der Waals surface area contributed by atoms with Crippen molar-refractivity contribution in [3.63, 3.8) is 0 Å². The number of carboxylic acids is 1. The molecule has 1 N–H and O–H groups in total. The van der Waals surface area contributed by atoms with Crippen molar-refractivity contribution in [1.82, 2.24) is 4.90 Å². The maximum Gasteiger partial charge on any atom is 0.308 e. The molecular weight excluding hydrogens is 302 g/mol. The Morgan fingerprint density at radius 2 is 2.14 bits per heavy atom. The molecule has 5 heteroatoms. The van der Waals surface area contributed by atoms with Crippen molar-refractivity contribution in [1.29, 1.82) is 0 Å². The van der Waals surface area contributed by atoms with Gasteiger partial charge in [0.05, 0.1) is 5.92 Å². The first-order valence-corrected chi connectivity index (χ1v) is 7.94. The number of rotatable bonds is 4. The van der Waals surface area contributed by atoms with Crippen molar-refractivity contribution in [2.45, 2.75) is 33.1 Å². The van der Waals surface area contributed by atoms with Crippen molar-refractivity contribution < 1.29 is 14.7 Å². The average Bonchev–Trinajstić information content (AvgIpc) is 2.46. The van der Waals surface area contributed by atoms with Gasteiger partial charge in [0, 0.05) is 23.5 Å². The molecule has 4 nitrogen and oxygen atoms in total. The SMILES string of the molecule is CC(C)(Cc1cccc(Cl)c1)C(=O)N1CCC[C@H](C(=O)O)C1. The van der Waals surface area contributed by atoms with Gasteiger partial charge in [-0.2, -0.15) is 0 Å². The lowest BCUT2D eigenvalue weighted by Gasteiger charge is -2.36. The van der Waals surface area contributed by atoms with E-state index in [1.54, 1.807) is 4.90 Å². The van der Waals surface area contributed by atoms with Crippen LogP contribution >= 0.6 is 11.6 Å². The van der Waals surface area contributed by atoms with Gasteiger partial charge in [-0.1, -0.05) is 37.6 Å². The van der Waals surface area contributed by atoms with E-state index in [9.17, 15) is 9.59 Å². The van der Waals surface area contributed by atoms with Gasteiger partial charge in [0.25, 0.3) is 0 Å². The van der Waals surface area contributed by atoms with Crippen LogP contribution < -0.4 is 0 Å². The van der Waals surface area contributed by atoms with E-state index >= 15 is 0 Å². The van der Waals surface area contributed by atoms with Crippen LogP contribution in [-0.2, 0) is 16.0 Å². The number of aliphatic carboxylic acids is 1. The highest BCUT2D eigenvalue weighted by Crippen LogP contribution is 2.28. The largest absolute Gasteiger partial charge is 0.481 e. The second-order valence-electron chi connectivity index (χ2n) is 6.62. The number of carbonyl (C=O) groups is 2. The molecule has 0 spiro atoms. The van der Waals surface area contributed by atoms with E-state index in [2.05, 4.69) is 0 Å². The lowest BCUT2D eigenvalue weighted by Crippen LogP contribution is -2.48. The zero-order chi connectivity index (χ0) is 16.3. The van der Waals surface area contributed by atoms with Crippen LogP contribution in [0.3, 0.4) is 0 Å². The highest BCUT2D eigenvalue weighted by molar-refractivity contribution is 6.30. The molecular formula is C17H22ClNO3. The number of hydrogen-bond acceptors (Lipinski definition) is 2. The number of halogens is 1. The lowest BCUT2D eigenvalue weighted by atomic mass is 9.83. The van der Waals surface area contributed by atoms with E-state index in [1.807, 2.05) is 38.1 Å². The van der Waals surface area contributed by atoms with Gasteiger partial charge in [-0.25, -0.2) is 0 Å². The van der Waals surface area contributed by atoms with Crippen LogP contribution in [0.15, 0.2) is 24.3 Å². The summed E-state index contributed by atoms with van der Waals surface area (Å²) in [6, 6.07) is 7.51. The van der Waals surface area contributed by atoms with Gasteiger partial charge in [-0.05, 0) is 37.0 Å². The van der Waals surface area contributed by atoms with Gasteiger partial charge < -0.3 is 10.0 Å². The summed E-state index contributed by atoms with van der Waals surface area (Å²) in [6.45, 7) is 4.76. The van der Waals surface area contributed by atoms with Crippen molar-refractivity contribution in [3.8, 4) is 0 Å². The van der Waals surface area contributed by atoms with Crippen molar-refractivity contribution in [3.05, 3.63) is 34.9 Å². The minimum atomic E-state index is -0.815. The Labute approximate surface area is 136 Å². The van der Waals surface area contributed by atoms with Gasteiger partial charge in [0.1, 0.15) is 0 Å². The highest BCUT2D eigenvalue weighted by atomic mass is 35.5. The molecule has 120 valence electrons. The van der Waals surface area contributed by atoms with Gasteiger partial charge in [-0.3, -0.25) is 9.59 Å². The number of amides is 1. The number of likely N-dealkylation sites (tertiary alicyclic amines) is 1. The number of carboxylic acid groups (broad SMARTS) is 1. The molecule has 1 atom stereocenters. The summed E-state index contributed by atoms with van der Waals surface area (Å²) in [7, 11) is 0. The summed E-state index contributed by atoms with van der Waals surface area (Å²) in [4.78, 5) is 25.6. The Morgan fingerprint density at radius 3 is 2.77 bits per heavy atom. The summed E-state index contributed by atoms with van der Waals surface area (Å²) < 4.78 is 0. The van der Waals surface area contributed by atoms with Gasteiger partial charge in [0.2, 0.25) is 5.91 Å². The Bertz CT molecular complexity index is 571. The van der Waals surface area contributed by atoms with E-state index in [0.717, 1.165) is 12.0 Å². The fourth-order valence-electron chi connectivity index (χ4n) is 3.02. The smallest absolute Gasteiger partial charge is 0.308 e. The zero-order valence-electron chi connectivity index (χ0n) is 13.0. The molecule has 1 saturated heterocycles. The van der Waals surface area contributed by atoms with Crippen LogP contribution in [0.2, 0.25) is 5.02 Å². The van der Waals surface area contributed by atoms with Gasteiger partial charge in [0.15, 0.2) is 0 Å². The molecule has 2 rings (SSSR count). The summed E-state index contributed by atoms with van der Waals surface area (Å²) in [5, 5.41) is 9.81. The summed E-state index contributed by atoms with van der Waals surface area (Å²) in [5.74, 6) is -1.25. The quantitative estimate of drug-likeness (QED) is 0.925. The number of carbonyl (C=O) groups excluding carboxylic acids is 1. The second-order valence-corrected chi connectivity index (χ2v) is 7.06. The Morgan fingerprint density at radius 1 is 1.41 bits per heavy atom. The third-order valence-corrected chi connectivity index (χ3v) is 4.41. The van der Waals surface area contributed by atoms with Crippen LogP contribution in [0.4, 0.5) is 0 Å². The Hall–Kier alpha value is -1.55. The molecule has 0 aromatic heterocycles. The first-order chi connectivity index (χ1) is 10.3. The molecule has 0 radical (unpaired) electrons. The van der Waals surface area contributed by atoms with Crippen molar-refractivity contribution in [2.24, 2.45) is 11.3 Å². The van der Waals surface area contributed by atoms with Gasteiger partial charge >= 0.3 is 5.97 Å². The molecule has 0 bridgehead atoms. The van der Waals surface area contributed by atoms with E-state index in [0.29, 0.717) is 31.0 Å². The molecule has 0 saturated carbocycles. The molecule has 1 fully saturated rings. The standard InChI is InChI=1S/C17H22ClNO3/c1-17(2,10-12-5-3-7-14(18)9-12)16(22)19-8-4-6-13(11-19)15(20)21/h3,5,7,9,13H,4,6,8,10-11H2,1-2H3,(H,20,21)/t13-/m0/s1. The number of nitrogens with zero attached hydrogens (tertiary/aromatic N) is 1. The monoisotopic (exact) mass is 323 g/mol. The number of piperidine rings is 1. The normalized spacial score (nSPS) is 19.0. The highest BCUT2D eigenvalue weighted by Gasteiger charge is 2.36. The third kappa shape index (κ3) is 4.01. The predicted molar refractivity (Wildman–Crippen MR) is 85.9 cm³/mol. The molecule has 22 heavy (non-hydrogen) atoms. The second kappa shape index (κ2) is 6.69. The number of benzene rings is 1. The molecule has 0 unspecified atom stereocenters. The first kappa shape index (κ1) is 16.8. The minimum absolute atomic E-state index is 0.0124. The molecule has 1 heterocycles. The lowest BCUT2D eigenvalue weighted by molar-refractivity contribution is -0.148. The zero-order valence-corrected chi connectivity index (χ0v) is 13.8. The van der Waals surface area contributed by atoms with E-state index in [1.165, 1.54) is 0 Å². The molecule has 1 aromatic carbocycles. The third-order valence-electron chi connectivity index (χ3n) is 4.17. The maximum absolute atomic E-state index is 12.8.